The summed E-state index contributed by atoms with van der Waals surface area (Å²) in [5.41, 5.74) is 0. The Morgan fingerprint density at radius 1 is 1.17 bits per heavy atom. The van der Waals surface area contributed by atoms with Crippen LogP contribution in [0.25, 0.3) is 0 Å². The Labute approximate surface area is 109 Å². The first kappa shape index (κ1) is 15.8. The van der Waals surface area contributed by atoms with Crippen LogP contribution in [0.5, 0.6) is 0 Å². The molecular weight excluding hydrogens is 260 g/mol. The maximum absolute atomic E-state index is 10.5. The van der Waals surface area contributed by atoms with Crippen molar-refractivity contribution in [1.82, 2.24) is 0 Å². The zero-order valence-corrected chi connectivity index (χ0v) is 11.5. The van der Waals surface area contributed by atoms with Crippen molar-refractivity contribution in [1.29, 1.82) is 0 Å². The van der Waals surface area contributed by atoms with E-state index in [2.05, 4.69) is 11.1 Å². The molecule has 0 spiro atoms. The van der Waals surface area contributed by atoms with E-state index in [1.54, 1.807) is 0 Å². The predicted octanol–water partition coefficient (Wildman–Crippen LogP) is 1.91. The van der Waals surface area contributed by atoms with Gasteiger partial charge in [-0.25, -0.2) is 4.18 Å². The molecule has 0 unspecified atom stereocenters. The summed E-state index contributed by atoms with van der Waals surface area (Å²) in [5.74, 6) is 0. The number of ether oxygens (including phenoxy) is 2. The normalized spacial score (nSPS) is 25.2. The second-order valence-electron chi connectivity index (χ2n) is 4.45. The van der Waals surface area contributed by atoms with Crippen LogP contribution in [0.1, 0.15) is 45.4 Å². The molecule has 0 aromatic rings. The number of unbranched alkanes of at least 4 members (excludes halogenated alkanes) is 4. The average molecular weight is 282 g/mol. The van der Waals surface area contributed by atoms with Gasteiger partial charge in [-0.15, -0.1) is 0 Å². The van der Waals surface area contributed by atoms with Gasteiger partial charge >= 0.3 is 10.4 Å². The van der Waals surface area contributed by atoms with Crippen molar-refractivity contribution < 1.29 is 26.6 Å². The van der Waals surface area contributed by atoms with Gasteiger partial charge in [0, 0.05) is 0 Å². The molecule has 1 aliphatic rings. The zero-order chi connectivity index (χ0) is 13.4. The lowest BCUT2D eigenvalue weighted by atomic mass is 10.1. The molecule has 7 heteroatoms. The maximum Gasteiger partial charge on any atom is 0.397 e. The second-order valence-corrected chi connectivity index (χ2v) is 5.49. The molecule has 1 N–H and O–H groups in total. The van der Waals surface area contributed by atoms with Gasteiger partial charge in [0.2, 0.25) is 0 Å². The summed E-state index contributed by atoms with van der Waals surface area (Å²) in [7, 11) is -4.43. The van der Waals surface area contributed by atoms with Gasteiger partial charge in [-0.3, -0.25) is 4.55 Å². The van der Waals surface area contributed by atoms with Crippen LogP contribution in [-0.4, -0.2) is 38.6 Å². The SMILES string of the molecule is CCCCCCC[C@H]1OC[C@@H](OS(=O)(=O)O)CO1. The van der Waals surface area contributed by atoms with Crippen LogP contribution in [0.2, 0.25) is 0 Å². The number of rotatable bonds is 8. The molecule has 0 bridgehead atoms. The Balaban J connectivity index is 2.08. The number of hydrogen-bond donors (Lipinski definition) is 1. The van der Waals surface area contributed by atoms with Gasteiger partial charge in [0.15, 0.2) is 6.29 Å². The van der Waals surface area contributed by atoms with E-state index in [1.165, 1.54) is 19.3 Å². The van der Waals surface area contributed by atoms with Crippen molar-refractivity contribution in [3.05, 3.63) is 0 Å². The molecule has 108 valence electrons. The Hall–Kier alpha value is -0.210. The van der Waals surface area contributed by atoms with Gasteiger partial charge in [-0.2, -0.15) is 8.42 Å². The molecule has 6 nitrogen and oxygen atoms in total. The minimum atomic E-state index is -4.43. The quantitative estimate of drug-likeness (QED) is 0.541. The minimum Gasteiger partial charge on any atom is -0.350 e. The summed E-state index contributed by atoms with van der Waals surface area (Å²) in [6.07, 6.45) is 5.64. The number of hydrogen-bond acceptors (Lipinski definition) is 5. The van der Waals surface area contributed by atoms with Gasteiger partial charge in [-0.1, -0.05) is 32.6 Å². The first-order valence-electron chi connectivity index (χ1n) is 6.40. The highest BCUT2D eigenvalue weighted by Crippen LogP contribution is 2.16. The van der Waals surface area contributed by atoms with E-state index in [0.717, 1.165) is 19.3 Å². The first-order chi connectivity index (χ1) is 8.51. The average Bonchev–Trinajstić information content (AvgIpc) is 2.29. The van der Waals surface area contributed by atoms with Crippen molar-refractivity contribution in [2.75, 3.05) is 13.2 Å². The van der Waals surface area contributed by atoms with E-state index in [9.17, 15) is 8.42 Å². The van der Waals surface area contributed by atoms with Crippen LogP contribution in [0.3, 0.4) is 0 Å². The van der Waals surface area contributed by atoms with E-state index in [1.807, 2.05) is 0 Å². The van der Waals surface area contributed by atoms with Crippen LogP contribution in [0.4, 0.5) is 0 Å². The highest BCUT2D eigenvalue weighted by atomic mass is 32.3. The summed E-state index contributed by atoms with van der Waals surface area (Å²) in [6, 6.07) is 0. The van der Waals surface area contributed by atoms with Gasteiger partial charge in [-0.05, 0) is 12.8 Å². The molecule has 1 heterocycles. The summed E-state index contributed by atoms with van der Waals surface area (Å²) in [5, 5.41) is 0. The lowest BCUT2D eigenvalue weighted by molar-refractivity contribution is -0.213. The largest absolute Gasteiger partial charge is 0.397 e. The Bertz CT molecular complexity index is 307. The second kappa shape index (κ2) is 8.06. The summed E-state index contributed by atoms with van der Waals surface area (Å²) >= 11 is 0. The molecule has 0 amide bonds. The molecule has 1 fully saturated rings. The highest BCUT2D eigenvalue weighted by molar-refractivity contribution is 7.80. The molecule has 1 rings (SSSR count). The van der Waals surface area contributed by atoms with E-state index in [0.29, 0.717) is 0 Å². The Kier molecular flexibility index (Phi) is 7.10. The van der Waals surface area contributed by atoms with Crippen LogP contribution in [-0.2, 0) is 24.1 Å². The molecule has 0 aromatic carbocycles. The maximum atomic E-state index is 10.5. The fourth-order valence-corrected chi connectivity index (χ4v) is 2.29. The van der Waals surface area contributed by atoms with Gasteiger partial charge in [0.05, 0.1) is 13.2 Å². The minimum absolute atomic E-state index is 0.124. The van der Waals surface area contributed by atoms with Crippen LogP contribution >= 0.6 is 0 Å². The van der Waals surface area contributed by atoms with Gasteiger partial charge in [0.1, 0.15) is 6.10 Å². The molecule has 0 atom stereocenters. The molecule has 0 saturated carbocycles. The predicted molar refractivity (Wildman–Crippen MR) is 65.5 cm³/mol. The Morgan fingerprint density at radius 2 is 1.78 bits per heavy atom. The molecule has 1 saturated heterocycles. The summed E-state index contributed by atoms with van der Waals surface area (Å²) in [4.78, 5) is 0. The van der Waals surface area contributed by atoms with E-state index in [4.69, 9.17) is 14.0 Å². The van der Waals surface area contributed by atoms with Crippen LogP contribution in [0, 0.1) is 0 Å². The van der Waals surface area contributed by atoms with E-state index >= 15 is 0 Å². The van der Waals surface area contributed by atoms with Crippen molar-refractivity contribution in [2.24, 2.45) is 0 Å². The zero-order valence-electron chi connectivity index (χ0n) is 10.7. The first-order valence-corrected chi connectivity index (χ1v) is 7.76. The van der Waals surface area contributed by atoms with Crippen molar-refractivity contribution in [3.63, 3.8) is 0 Å². The summed E-state index contributed by atoms with van der Waals surface area (Å²) < 4.78 is 44.5. The highest BCUT2D eigenvalue weighted by Gasteiger charge is 2.25. The van der Waals surface area contributed by atoms with E-state index in [-0.39, 0.29) is 19.5 Å². The van der Waals surface area contributed by atoms with Crippen LogP contribution in [0.15, 0.2) is 0 Å². The third-order valence-corrected chi connectivity index (χ3v) is 3.25. The molecule has 1 aliphatic heterocycles. The topological polar surface area (TPSA) is 82.1 Å². The monoisotopic (exact) mass is 282 g/mol. The van der Waals surface area contributed by atoms with Gasteiger partial charge in [0.25, 0.3) is 0 Å². The fourth-order valence-electron chi connectivity index (χ4n) is 1.83. The van der Waals surface area contributed by atoms with Crippen molar-refractivity contribution >= 4 is 10.4 Å². The molecular formula is C11H22O6S. The fraction of sp³-hybridized carbons (Fsp3) is 1.00. The lowest BCUT2D eigenvalue weighted by Gasteiger charge is -2.28. The van der Waals surface area contributed by atoms with Crippen LogP contribution < -0.4 is 0 Å². The third-order valence-electron chi connectivity index (χ3n) is 2.74. The van der Waals surface area contributed by atoms with Crippen molar-refractivity contribution in [3.8, 4) is 0 Å². The molecule has 18 heavy (non-hydrogen) atoms. The Morgan fingerprint density at radius 3 is 2.33 bits per heavy atom. The van der Waals surface area contributed by atoms with Crippen molar-refractivity contribution in [2.45, 2.75) is 57.8 Å². The molecule has 0 radical (unpaired) electrons. The molecule has 0 aliphatic carbocycles. The summed E-state index contributed by atoms with van der Waals surface area (Å²) in [6.45, 7) is 2.42. The molecule has 0 aromatic heterocycles. The lowest BCUT2D eigenvalue weighted by Crippen LogP contribution is -2.38. The smallest absolute Gasteiger partial charge is 0.350 e. The third kappa shape index (κ3) is 7.27. The van der Waals surface area contributed by atoms with E-state index < -0.39 is 16.5 Å². The van der Waals surface area contributed by atoms with Gasteiger partial charge < -0.3 is 9.47 Å². The standard InChI is InChI=1S/C11H22O6S/c1-2-3-4-5-6-7-11-15-8-10(9-16-11)17-18(12,13)14/h10-11H,2-9H2,1H3,(H,12,13,14)/t10-,11+.